The largest absolute Gasteiger partial charge is 0.335 e. The zero-order valence-corrected chi connectivity index (χ0v) is 15.7. The highest BCUT2D eigenvalue weighted by Gasteiger charge is 2.20. The lowest BCUT2D eigenvalue weighted by Gasteiger charge is -2.26. The van der Waals surface area contributed by atoms with E-state index in [1.54, 1.807) is 37.4 Å². The molecule has 2 N–H and O–H groups in total. The molecule has 0 saturated heterocycles. The first-order valence-corrected chi connectivity index (χ1v) is 8.40. The Morgan fingerprint density at radius 2 is 1.41 bits per heavy atom. The zero-order valence-electron chi connectivity index (χ0n) is 15.7. The van der Waals surface area contributed by atoms with Gasteiger partial charge in [0.2, 0.25) is 11.8 Å². The van der Waals surface area contributed by atoms with E-state index in [1.807, 2.05) is 6.92 Å². The van der Waals surface area contributed by atoms with E-state index in [0.717, 1.165) is 5.56 Å². The summed E-state index contributed by atoms with van der Waals surface area (Å²) in [5.74, 6) is -1.23. The Morgan fingerprint density at radius 3 is 1.85 bits per heavy atom. The molecule has 0 radical (unpaired) electrons. The number of amides is 3. The van der Waals surface area contributed by atoms with Crippen LogP contribution in [0.25, 0.3) is 0 Å². The number of anilines is 2. The standard InChI is InChI=1S/C20H22FN3O3/c1-12(15-5-7-17(21)8-6-15)24(4)20(27)16-9-18(22-13(2)25)11-19(10-16)23-14(3)26/h5-12H,1-4H3,(H,22,25)(H,23,26). The van der Waals surface area contributed by atoms with Gasteiger partial charge in [0, 0.05) is 37.8 Å². The maximum absolute atomic E-state index is 13.1. The quantitative estimate of drug-likeness (QED) is 0.843. The number of hydrogen-bond acceptors (Lipinski definition) is 3. The van der Waals surface area contributed by atoms with E-state index in [1.165, 1.54) is 30.9 Å². The molecule has 0 bridgehead atoms. The van der Waals surface area contributed by atoms with Crippen LogP contribution in [0, 0.1) is 5.82 Å². The molecule has 6 nitrogen and oxygen atoms in total. The molecule has 0 aliphatic rings. The third-order valence-corrected chi connectivity index (χ3v) is 4.07. The number of nitrogens with zero attached hydrogens (tertiary/aromatic N) is 1. The van der Waals surface area contributed by atoms with E-state index in [0.29, 0.717) is 16.9 Å². The molecule has 0 aliphatic carbocycles. The molecule has 2 aromatic rings. The van der Waals surface area contributed by atoms with Gasteiger partial charge in [0.05, 0.1) is 6.04 Å². The number of carbonyl (C=O) groups excluding carboxylic acids is 3. The summed E-state index contributed by atoms with van der Waals surface area (Å²) in [5, 5.41) is 5.23. The van der Waals surface area contributed by atoms with Crippen molar-refractivity contribution in [3.05, 3.63) is 59.4 Å². The van der Waals surface area contributed by atoms with E-state index >= 15 is 0 Å². The van der Waals surface area contributed by atoms with Gasteiger partial charge in [0.15, 0.2) is 0 Å². The summed E-state index contributed by atoms with van der Waals surface area (Å²) in [7, 11) is 1.64. The SMILES string of the molecule is CC(=O)Nc1cc(NC(C)=O)cc(C(=O)N(C)C(C)c2ccc(F)cc2)c1. The highest BCUT2D eigenvalue weighted by Crippen LogP contribution is 2.25. The molecule has 0 spiro atoms. The topological polar surface area (TPSA) is 78.5 Å². The van der Waals surface area contributed by atoms with Crippen LogP contribution in [0.1, 0.15) is 42.7 Å². The third-order valence-electron chi connectivity index (χ3n) is 4.07. The third kappa shape index (κ3) is 5.37. The number of rotatable bonds is 5. The number of halogens is 1. The molecule has 1 atom stereocenters. The van der Waals surface area contributed by atoms with Crippen molar-refractivity contribution in [3.8, 4) is 0 Å². The molecule has 142 valence electrons. The van der Waals surface area contributed by atoms with Crippen LogP contribution in [-0.2, 0) is 9.59 Å². The molecule has 2 rings (SSSR count). The Labute approximate surface area is 157 Å². The first kappa shape index (κ1) is 20.1. The van der Waals surface area contributed by atoms with Crippen LogP contribution in [-0.4, -0.2) is 29.7 Å². The highest BCUT2D eigenvalue weighted by atomic mass is 19.1. The van der Waals surface area contributed by atoms with Gasteiger partial charge in [-0.1, -0.05) is 12.1 Å². The van der Waals surface area contributed by atoms with Gasteiger partial charge in [-0.2, -0.15) is 0 Å². The van der Waals surface area contributed by atoms with E-state index in [4.69, 9.17) is 0 Å². The molecule has 7 heteroatoms. The van der Waals surface area contributed by atoms with Crippen LogP contribution in [0.15, 0.2) is 42.5 Å². The van der Waals surface area contributed by atoms with E-state index in [9.17, 15) is 18.8 Å². The normalized spacial score (nSPS) is 11.4. The van der Waals surface area contributed by atoms with E-state index < -0.39 is 0 Å². The smallest absolute Gasteiger partial charge is 0.254 e. The second kappa shape index (κ2) is 8.44. The van der Waals surface area contributed by atoms with Gasteiger partial charge >= 0.3 is 0 Å². The van der Waals surface area contributed by atoms with E-state index in [-0.39, 0.29) is 29.6 Å². The maximum atomic E-state index is 13.1. The van der Waals surface area contributed by atoms with Gasteiger partial charge in [-0.05, 0) is 42.8 Å². The average molecular weight is 371 g/mol. The van der Waals surface area contributed by atoms with Gasteiger partial charge < -0.3 is 15.5 Å². The first-order chi connectivity index (χ1) is 12.7. The number of carbonyl (C=O) groups is 3. The predicted octanol–water partition coefficient (Wildman–Crippen LogP) is 3.58. The van der Waals surface area contributed by atoms with Gasteiger partial charge in [-0.3, -0.25) is 14.4 Å². The van der Waals surface area contributed by atoms with Crippen LogP contribution in [0.5, 0.6) is 0 Å². The van der Waals surface area contributed by atoms with Crippen molar-refractivity contribution in [1.82, 2.24) is 4.90 Å². The molecule has 2 aromatic carbocycles. The minimum atomic E-state index is -0.345. The second-order valence-corrected chi connectivity index (χ2v) is 6.30. The van der Waals surface area contributed by atoms with Crippen molar-refractivity contribution < 1.29 is 18.8 Å². The van der Waals surface area contributed by atoms with Crippen LogP contribution < -0.4 is 10.6 Å². The van der Waals surface area contributed by atoms with Crippen molar-refractivity contribution in [3.63, 3.8) is 0 Å². The van der Waals surface area contributed by atoms with Gasteiger partial charge in [-0.25, -0.2) is 4.39 Å². The summed E-state index contributed by atoms with van der Waals surface area (Å²) < 4.78 is 13.1. The second-order valence-electron chi connectivity index (χ2n) is 6.30. The molecular formula is C20H22FN3O3. The zero-order chi connectivity index (χ0) is 20.1. The van der Waals surface area contributed by atoms with Crippen molar-refractivity contribution in [2.45, 2.75) is 26.8 Å². The Hall–Kier alpha value is -3.22. The lowest BCUT2D eigenvalue weighted by Crippen LogP contribution is -2.30. The number of hydrogen-bond donors (Lipinski definition) is 2. The summed E-state index contributed by atoms with van der Waals surface area (Å²) in [5.41, 5.74) is 1.90. The maximum Gasteiger partial charge on any atom is 0.254 e. The molecule has 0 heterocycles. The number of nitrogens with one attached hydrogen (secondary N) is 2. The summed E-state index contributed by atoms with van der Waals surface area (Å²) in [4.78, 5) is 37.2. The molecule has 3 amide bonds. The van der Waals surface area contributed by atoms with Crippen LogP contribution in [0.3, 0.4) is 0 Å². The minimum Gasteiger partial charge on any atom is -0.335 e. The number of benzene rings is 2. The Kier molecular flexibility index (Phi) is 6.28. The van der Waals surface area contributed by atoms with Crippen LogP contribution in [0.4, 0.5) is 15.8 Å². The van der Waals surface area contributed by atoms with Crippen molar-refractivity contribution in [1.29, 1.82) is 0 Å². The Morgan fingerprint density at radius 1 is 0.926 bits per heavy atom. The molecule has 0 aliphatic heterocycles. The molecule has 1 unspecified atom stereocenters. The fraction of sp³-hybridized carbons (Fsp3) is 0.250. The van der Waals surface area contributed by atoms with Crippen LogP contribution in [0.2, 0.25) is 0 Å². The van der Waals surface area contributed by atoms with Crippen molar-refractivity contribution in [2.24, 2.45) is 0 Å². The lowest BCUT2D eigenvalue weighted by molar-refractivity contribution is -0.115. The van der Waals surface area contributed by atoms with Gasteiger partial charge in [0.1, 0.15) is 5.82 Å². The Balaban J connectivity index is 2.33. The van der Waals surface area contributed by atoms with Crippen molar-refractivity contribution in [2.75, 3.05) is 17.7 Å². The highest BCUT2D eigenvalue weighted by molar-refractivity contribution is 6.00. The predicted molar refractivity (Wildman–Crippen MR) is 102 cm³/mol. The van der Waals surface area contributed by atoms with Gasteiger partial charge in [-0.15, -0.1) is 0 Å². The van der Waals surface area contributed by atoms with Crippen molar-refractivity contribution >= 4 is 29.1 Å². The molecule has 27 heavy (non-hydrogen) atoms. The molecule has 0 fully saturated rings. The molecule has 0 saturated carbocycles. The minimum absolute atomic E-state index is 0.290. The Bertz CT molecular complexity index is 831. The molecule has 0 aromatic heterocycles. The first-order valence-electron chi connectivity index (χ1n) is 8.40. The van der Waals surface area contributed by atoms with E-state index in [2.05, 4.69) is 10.6 Å². The molecular weight excluding hydrogens is 349 g/mol. The summed E-state index contributed by atoms with van der Waals surface area (Å²) in [6.07, 6.45) is 0. The summed E-state index contributed by atoms with van der Waals surface area (Å²) in [6, 6.07) is 10.3. The fourth-order valence-corrected chi connectivity index (χ4v) is 2.65. The van der Waals surface area contributed by atoms with Crippen LogP contribution >= 0.6 is 0 Å². The summed E-state index contributed by atoms with van der Waals surface area (Å²) >= 11 is 0. The summed E-state index contributed by atoms with van der Waals surface area (Å²) in [6.45, 7) is 4.54. The van der Waals surface area contributed by atoms with Gasteiger partial charge in [0.25, 0.3) is 5.91 Å². The average Bonchev–Trinajstić information content (AvgIpc) is 2.59. The fourth-order valence-electron chi connectivity index (χ4n) is 2.65. The lowest BCUT2D eigenvalue weighted by atomic mass is 10.1. The monoisotopic (exact) mass is 371 g/mol.